The number of aromatic nitrogens is 2. The van der Waals surface area contributed by atoms with E-state index in [4.69, 9.17) is 27.9 Å². The van der Waals surface area contributed by atoms with E-state index >= 15 is 0 Å². The number of piperidine rings is 1. The lowest BCUT2D eigenvalue weighted by Crippen LogP contribution is -2.43. The van der Waals surface area contributed by atoms with Gasteiger partial charge in [0.2, 0.25) is 0 Å². The van der Waals surface area contributed by atoms with Gasteiger partial charge in [0.1, 0.15) is 6.10 Å². The Morgan fingerprint density at radius 3 is 2.42 bits per heavy atom. The predicted octanol–water partition coefficient (Wildman–Crippen LogP) is 6.90. The molecule has 1 saturated heterocycles. The van der Waals surface area contributed by atoms with Gasteiger partial charge in [-0.15, -0.1) is 0 Å². The number of pyridine rings is 1. The smallest absolute Gasteiger partial charge is 0.416 e. The molecule has 204 valence electrons. The van der Waals surface area contributed by atoms with Gasteiger partial charge in [0.25, 0.3) is 11.1 Å². The second-order valence-electron chi connectivity index (χ2n) is 9.20. The second-order valence-corrected chi connectivity index (χ2v) is 10.9. The van der Waals surface area contributed by atoms with Crippen LogP contribution in [0.25, 0.3) is 0 Å². The van der Waals surface area contributed by atoms with E-state index in [1.165, 1.54) is 35.9 Å². The predicted molar refractivity (Wildman–Crippen MR) is 142 cm³/mol. The van der Waals surface area contributed by atoms with Crippen molar-refractivity contribution in [3.8, 4) is 5.19 Å². The monoisotopic (exact) mass is 586 g/mol. The molecule has 2 unspecified atom stereocenters. The van der Waals surface area contributed by atoms with E-state index in [-0.39, 0.29) is 33.5 Å². The van der Waals surface area contributed by atoms with Crippen molar-refractivity contribution in [3.05, 3.63) is 75.0 Å². The van der Waals surface area contributed by atoms with Crippen LogP contribution in [-0.2, 0) is 6.18 Å². The molecule has 0 radical (unpaired) electrons. The first-order valence-electron chi connectivity index (χ1n) is 12.2. The lowest BCUT2D eigenvalue weighted by molar-refractivity contribution is -0.137. The summed E-state index contributed by atoms with van der Waals surface area (Å²) in [6.45, 7) is 4.18. The van der Waals surface area contributed by atoms with Gasteiger partial charge in [-0.3, -0.25) is 9.78 Å². The van der Waals surface area contributed by atoms with Crippen LogP contribution < -0.4 is 10.1 Å². The average molecular weight is 587 g/mol. The molecule has 2 atom stereocenters. The van der Waals surface area contributed by atoms with Crippen LogP contribution in [0, 0.1) is 5.92 Å². The highest BCUT2D eigenvalue weighted by Crippen LogP contribution is 2.37. The molecule has 1 aliphatic heterocycles. The van der Waals surface area contributed by atoms with E-state index in [0.717, 1.165) is 44.5 Å². The van der Waals surface area contributed by atoms with Gasteiger partial charge in [-0.1, -0.05) is 46.7 Å². The maximum Gasteiger partial charge on any atom is 0.416 e. The van der Waals surface area contributed by atoms with Crippen molar-refractivity contribution >= 4 is 40.4 Å². The number of benzene rings is 1. The lowest BCUT2D eigenvalue weighted by Gasteiger charge is -2.38. The van der Waals surface area contributed by atoms with Gasteiger partial charge in [-0.05, 0) is 57.0 Å². The number of nitrogens with one attached hydrogen (secondary N) is 1. The summed E-state index contributed by atoms with van der Waals surface area (Å²) in [5.41, 5.74) is 0.237. The van der Waals surface area contributed by atoms with Crippen molar-refractivity contribution in [1.29, 1.82) is 0 Å². The van der Waals surface area contributed by atoms with Crippen LogP contribution >= 0.6 is 34.5 Å². The summed E-state index contributed by atoms with van der Waals surface area (Å²) >= 11 is 13.5. The SMILES string of the molecule is CC(CCNC(=O)c1c(Cl)cncc1Cl)N1CCC(C(Oc2nccs2)c2ccc(C(F)(F)F)cc2)CC1. The van der Waals surface area contributed by atoms with Gasteiger partial charge in [0.05, 0.1) is 21.2 Å². The molecule has 1 aromatic carbocycles. The molecular formula is C26H27Cl2F3N4O2S. The fourth-order valence-corrected chi connectivity index (χ4v) is 5.69. The van der Waals surface area contributed by atoms with Crippen molar-refractivity contribution < 1.29 is 22.7 Å². The molecule has 0 bridgehead atoms. The lowest BCUT2D eigenvalue weighted by atomic mass is 9.86. The highest BCUT2D eigenvalue weighted by Gasteiger charge is 2.33. The number of nitrogens with zero attached hydrogens (tertiary/aromatic N) is 3. The number of alkyl halides is 3. The molecule has 0 saturated carbocycles. The minimum absolute atomic E-state index is 0.120. The number of rotatable bonds is 9. The van der Waals surface area contributed by atoms with Gasteiger partial charge < -0.3 is 15.0 Å². The summed E-state index contributed by atoms with van der Waals surface area (Å²) in [6.07, 6.45) is 1.98. The Morgan fingerprint density at radius 2 is 1.84 bits per heavy atom. The van der Waals surface area contributed by atoms with E-state index in [1.807, 2.05) is 0 Å². The van der Waals surface area contributed by atoms with Crippen LogP contribution in [0.5, 0.6) is 5.19 Å². The molecule has 3 heterocycles. The second kappa shape index (κ2) is 12.6. The summed E-state index contributed by atoms with van der Waals surface area (Å²) in [6, 6.07) is 5.42. The van der Waals surface area contributed by atoms with Crippen molar-refractivity contribution in [1.82, 2.24) is 20.2 Å². The largest absolute Gasteiger partial charge is 0.462 e. The molecule has 0 spiro atoms. The molecule has 38 heavy (non-hydrogen) atoms. The molecular weight excluding hydrogens is 560 g/mol. The number of hydrogen-bond donors (Lipinski definition) is 1. The van der Waals surface area contributed by atoms with Gasteiger partial charge in [-0.2, -0.15) is 13.2 Å². The van der Waals surface area contributed by atoms with Gasteiger partial charge in [0.15, 0.2) is 0 Å². The Kier molecular flexibility index (Phi) is 9.51. The first kappa shape index (κ1) is 28.6. The van der Waals surface area contributed by atoms with Gasteiger partial charge >= 0.3 is 6.18 Å². The molecule has 1 fully saturated rings. The molecule has 6 nitrogen and oxygen atoms in total. The minimum atomic E-state index is -4.39. The summed E-state index contributed by atoms with van der Waals surface area (Å²) < 4.78 is 45.4. The highest BCUT2D eigenvalue weighted by atomic mass is 35.5. The Balaban J connectivity index is 1.33. The number of hydrogen-bond acceptors (Lipinski definition) is 6. The number of halogens is 5. The third-order valence-electron chi connectivity index (χ3n) is 6.76. The Bertz CT molecular complexity index is 1180. The number of likely N-dealkylation sites (tertiary alicyclic amines) is 1. The van der Waals surface area contributed by atoms with Crippen molar-refractivity contribution in [2.24, 2.45) is 5.92 Å². The maximum absolute atomic E-state index is 13.1. The molecule has 2 aromatic heterocycles. The number of thiazole rings is 1. The van der Waals surface area contributed by atoms with Crippen LogP contribution in [0.3, 0.4) is 0 Å². The number of carbonyl (C=O) groups excluding carboxylic acids is 1. The topological polar surface area (TPSA) is 67.4 Å². The van der Waals surface area contributed by atoms with Crippen LogP contribution in [-0.4, -0.2) is 46.5 Å². The Morgan fingerprint density at radius 1 is 1.18 bits per heavy atom. The van der Waals surface area contributed by atoms with Crippen LogP contribution in [0.2, 0.25) is 10.0 Å². The standard InChI is InChI=1S/C26H27Cl2F3N4O2S/c1-16(6-9-33-24(36)22-20(27)14-32-15-21(22)28)35-11-7-18(8-12-35)23(37-25-34-10-13-38-25)17-2-4-19(5-3-17)26(29,30)31/h2-5,10,13-16,18,23H,6-9,11-12H2,1H3,(H,33,36). The van der Waals surface area contributed by atoms with E-state index in [0.29, 0.717) is 17.3 Å². The number of ether oxygens (including phenoxy) is 1. The van der Waals surface area contributed by atoms with E-state index in [1.54, 1.807) is 11.6 Å². The third-order valence-corrected chi connectivity index (χ3v) is 7.99. The molecule has 3 aromatic rings. The quantitative estimate of drug-likeness (QED) is 0.295. The first-order valence-corrected chi connectivity index (χ1v) is 13.8. The van der Waals surface area contributed by atoms with Crippen LogP contribution in [0.15, 0.2) is 48.2 Å². The third kappa shape index (κ3) is 7.16. The first-order chi connectivity index (χ1) is 18.1. The summed E-state index contributed by atoms with van der Waals surface area (Å²) in [5.74, 6) is -0.221. The Labute approximate surface area is 233 Å². The molecule has 0 aliphatic carbocycles. The van der Waals surface area contributed by atoms with Crippen LogP contribution in [0.1, 0.15) is 53.8 Å². The molecule has 1 N–H and O–H groups in total. The average Bonchev–Trinajstić information content (AvgIpc) is 3.40. The minimum Gasteiger partial charge on any atom is -0.462 e. The van der Waals surface area contributed by atoms with E-state index < -0.39 is 17.8 Å². The van der Waals surface area contributed by atoms with Gasteiger partial charge in [-0.25, -0.2) is 4.98 Å². The zero-order valence-corrected chi connectivity index (χ0v) is 22.9. The zero-order chi connectivity index (χ0) is 27.3. The number of carbonyl (C=O) groups is 1. The molecule has 4 rings (SSSR count). The number of amides is 1. The fourth-order valence-electron chi connectivity index (χ4n) is 4.63. The summed E-state index contributed by atoms with van der Waals surface area (Å²) in [5, 5.41) is 5.57. The van der Waals surface area contributed by atoms with E-state index in [9.17, 15) is 18.0 Å². The Hall–Kier alpha value is -2.40. The van der Waals surface area contributed by atoms with E-state index in [2.05, 4.69) is 27.1 Å². The van der Waals surface area contributed by atoms with Crippen molar-refractivity contribution in [2.75, 3.05) is 19.6 Å². The van der Waals surface area contributed by atoms with Crippen molar-refractivity contribution in [2.45, 2.75) is 44.5 Å². The summed E-state index contributed by atoms with van der Waals surface area (Å²) in [7, 11) is 0. The summed E-state index contributed by atoms with van der Waals surface area (Å²) in [4.78, 5) is 22.9. The normalized spacial score (nSPS) is 16.7. The van der Waals surface area contributed by atoms with Gasteiger partial charge in [0, 0.05) is 42.5 Å². The zero-order valence-electron chi connectivity index (χ0n) is 20.5. The fraction of sp³-hybridized carbons (Fsp3) is 0.423. The van der Waals surface area contributed by atoms with Crippen LogP contribution in [0.4, 0.5) is 13.2 Å². The maximum atomic E-state index is 13.1. The molecule has 12 heteroatoms. The van der Waals surface area contributed by atoms with Crippen molar-refractivity contribution in [3.63, 3.8) is 0 Å². The highest BCUT2D eigenvalue weighted by molar-refractivity contribution is 7.11. The molecule has 1 aliphatic rings. The molecule has 1 amide bonds.